The van der Waals surface area contributed by atoms with E-state index in [2.05, 4.69) is 130 Å². The minimum Gasteiger partial charge on any atom is -0.103 e. The van der Waals surface area contributed by atoms with Gasteiger partial charge in [-0.2, -0.15) is 0 Å². The van der Waals surface area contributed by atoms with Gasteiger partial charge in [0.05, 0.1) is 0 Å². The molecule has 0 aliphatic carbocycles. The summed E-state index contributed by atoms with van der Waals surface area (Å²) in [6.45, 7) is 9.69. The van der Waals surface area contributed by atoms with Crippen molar-refractivity contribution in [2.24, 2.45) is 0 Å². The maximum atomic E-state index is 3.36. The fourth-order valence-electron chi connectivity index (χ4n) is 3.69. The van der Waals surface area contributed by atoms with Gasteiger partial charge >= 0.3 is 0 Å². The molecular formula is C33H38. The molecule has 0 amide bonds. The van der Waals surface area contributed by atoms with E-state index in [1.165, 1.54) is 34.2 Å². The van der Waals surface area contributed by atoms with E-state index in [0.717, 1.165) is 12.8 Å². The van der Waals surface area contributed by atoms with Crippen LogP contribution in [0.15, 0.2) is 128 Å². The first-order valence-electron chi connectivity index (χ1n) is 12.0. The van der Waals surface area contributed by atoms with Crippen molar-refractivity contribution in [2.45, 2.75) is 46.0 Å². The molecule has 1 atom stereocenters. The molecule has 4 aromatic carbocycles. The van der Waals surface area contributed by atoms with E-state index in [1.807, 2.05) is 13.0 Å². The van der Waals surface area contributed by atoms with Crippen molar-refractivity contribution >= 4 is 0 Å². The van der Waals surface area contributed by atoms with Gasteiger partial charge in [-0.25, -0.2) is 0 Å². The Kier molecular flexibility index (Phi) is 12.1. The Bertz CT molecular complexity index is 1000. The second-order valence-corrected chi connectivity index (χ2v) is 8.03. The molecule has 0 saturated carbocycles. The number of aryl methyl sites for hydroxylation is 1. The van der Waals surface area contributed by atoms with Gasteiger partial charge in [0, 0.05) is 0 Å². The van der Waals surface area contributed by atoms with Crippen LogP contribution in [0.3, 0.4) is 0 Å². The highest BCUT2D eigenvalue weighted by molar-refractivity contribution is 5.63. The molecule has 0 radical (unpaired) electrons. The van der Waals surface area contributed by atoms with E-state index >= 15 is 0 Å². The van der Waals surface area contributed by atoms with E-state index in [9.17, 15) is 0 Å². The maximum Gasteiger partial charge on any atom is -0.0124 e. The van der Waals surface area contributed by atoms with Crippen LogP contribution in [-0.4, -0.2) is 0 Å². The van der Waals surface area contributed by atoms with Crippen LogP contribution in [0.5, 0.6) is 0 Å². The molecule has 0 saturated heterocycles. The Hall–Kier alpha value is -3.38. The van der Waals surface area contributed by atoms with E-state index in [1.54, 1.807) is 6.08 Å². The lowest BCUT2D eigenvalue weighted by Crippen LogP contribution is -2.01. The third kappa shape index (κ3) is 9.33. The molecule has 0 aromatic heterocycles. The molecular weight excluding hydrogens is 396 g/mol. The largest absolute Gasteiger partial charge is 0.103 e. The predicted octanol–water partition coefficient (Wildman–Crippen LogP) is 9.53. The van der Waals surface area contributed by atoms with Crippen LogP contribution in [0.1, 0.15) is 49.8 Å². The monoisotopic (exact) mass is 434 g/mol. The first kappa shape index (κ1) is 25.9. The predicted molar refractivity (Wildman–Crippen MR) is 147 cm³/mol. The van der Waals surface area contributed by atoms with Crippen LogP contribution >= 0.6 is 0 Å². The zero-order valence-corrected chi connectivity index (χ0v) is 20.5. The Balaban J connectivity index is 0.000000210. The highest BCUT2D eigenvalue weighted by Crippen LogP contribution is 2.23. The molecule has 0 heteroatoms. The molecule has 4 rings (SSSR count). The van der Waals surface area contributed by atoms with Crippen molar-refractivity contribution in [1.82, 2.24) is 0 Å². The van der Waals surface area contributed by atoms with Crippen molar-refractivity contribution in [1.29, 1.82) is 0 Å². The molecule has 0 spiro atoms. The Labute approximate surface area is 201 Å². The Morgan fingerprint density at radius 3 is 1.55 bits per heavy atom. The van der Waals surface area contributed by atoms with Crippen LogP contribution < -0.4 is 0 Å². The fraction of sp³-hybridized carbons (Fsp3) is 0.212. The van der Waals surface area contributed by atoms with Crippen molar-refractivity contribution in [3.8, 4) is 11.1 Å². The second-order valence-electron chi connectivity index (χ2n) is 8.03. The molecule has 0 N–H and O–H groups in total. The highest BCUT2D eigenvalue weighted by atomic mass is 14.1. The SMILES string of the molecule is C=CC.CCC(Cc1ccccc1)c1ccccc1.CCc1ccc(-c2ccccc2)cc1. The summed E-state index contributed by atoms with van der Waals surface area (Å²) in [7, 11) is 0. The summed E-state index contributed by atoms with van der Waals surface area (Å²) in [6, 6.07) is 40.8. The quantitative estimate of drug-likeness (QED) is 0.265. The minimum absolute atomic E-state index is 0.642. The van der Waals surface area contributed by atoms with Crippen molar-refractivity contribution in [3.05, 3.63) is 145 Å². The zero-order valence-electron chi connectivity index (χ0n) is 20.5. The lowest BCUT2D eigenvalue weighted by atomic mass is 9.90. The molecule has 0 aliphatic heterocycles. The van der Waals surface area contributed by atoms with Gasteiger partial charge in [0.15, 0.2) is 0 Å². The molecule has 0 aliphatic rings. The summed E-state index contributed by atoms with van der Waals surface area (Å²) < 4.78 is 0. The lowest BCUT2D eigenvalue weighted by Gasteiger charge is -2.15. The van der Waals surface area contributed by atoms with Gasteiger partial charge in [-0.3, -0.25) is 0 Å². The molecule has 0 bridgehead atoms. The third-order valence-electron chi connectivity index (χ3n) is 5.56. The van der Waals surface area contributed by atoms with E-state index in [-0.39, 0.29) is 0 Å². The molecule has 0 fully saturated rings. The number of benzene rings is 4. The number of hydrogen-bond acceptors (Lipinski definition) is 0. The van der Waals surface area contributed by atoms with E-state index in [0.29, 0.717) is 5.92 Å². The van der Waals surface area contributed by atoms with Gasteiger partial charge in [-0.15, -0.1) is 6.58 Å². The van der Waals surface area contributed by atoms with Gasteiger partial charge in [-0.05, 0) is 59.9 Å². The lowest BCUT2D eigenvalue weighted by molar-refractivity contribution is 0.660. The molecule has 0 heterocycles. The smallest absolute Gasteiger partial charge is 0.0124 e. The average Bonchev–Trinajstić information content (AvgIpc) is 2.90. The topological polar surface area (TPSA) is 0 Å². The molecule has 1 unspecified atom stereocenters. The van der Waals surface area contributed by atoms with Crippen molar-refractivity contribution in [3.63, 3.8) is 0 Å². The summed E-state index contributed by atoms with van der Waals surface area (Å²) in [4.78, 5) is 0. The van der Waals surface area contributed by atoms with Gasteiger partial charge in [-0.1, -0.05) is 135 Å². The zero-order chi connectivity index (χ0) is 23.7. The molecule has 33 heavy (non-hydrogen) atoms. The van der Waals surface area contributed by atoms with Gasteiger partial charge in [0.25, 0.3) is 0 Å². The van der Waals surface area contributed by atoms with Crippen LogP contribution in [-0.2, 0) is 12.8 Å². The standard InChI is InChI=1S/C16H18.C14H14.C3H6/c1-2-15(16-11-7-4-8-12-16)13-14-9-5-3-6-10-14;1-2-12-8-10-14(11-9-12)13-6-4-3-5-7-13;1-3-2/h3-12,15H,2,13H2,1H3;3-11H,2H2,1H3;3H,1H2,2H3. The number of rotatable bonds is 6. The normalized spacial score (nSPS) is 10.6. The van der Waals surface area contributed by atoms with Crippen LogP contribution in [0.2, 0.25) is 0 Å². The minimum atomic E-state index is 0.642. The Morgan fingerprint density at radius 1 is 0.606 bits per heavy atom. The highest BCUT2D eigenvalue weighted by Gasteiger charge is 2.09. The summed E-state index contributed by atoms with van der Waals surface area (Å²) >= 11 is 0. The van der Waals surface area contributed by atoms with Gasteiger partial charge in [0.1, 0.15) is 0 Å². The third-order valence-corrected chi connectivity index (χ3v) is 5.56. The van der Waals surface area contributed by atoms with Gasteiger partial charge in [0.2, 0.25) is 0 Å². The number of allylic oxidation sites excluding steroid dienone is 1. The summed E-state index contributed by atoms with van der Waals surface area (Å²) in [5.74, 6) is 0.642. The summed E-state index contributed by atoms with van der Waals surface area (Å²) in [5.41, 5.74) is 6.86. The summed E-state index contributed by atoms with van der Waals surface area (Å²) in [5, 5.41) is 0. The summed E-state index contributed by atoms with van der Waals surface area (Å²) in [6.07, 6.45) is 5.19. The first-order chi connectivity index (χ1) is 16.2. The fourth-order valence-corrected chi connectivity index (χ4v) is 3.69. The van der Waals surface area contributed by atoms with Crippen molar-refractivity contribution < 1.29 is 0 Å². The molecule has 170 valence electrons. The Morgan fingerprint density at radius 2 is 1.06 bits per heavy atom. The van der Waals surface area contributed by atoms with E-state index < -0.39 is 0 Å². The second kappa shape index (κ2) is 15.4. The van der Waals surface area contributed by atoms with Crippen LogP contribution in [0, 0.1) is 0 Å². The van der Waals surface area contributed by atoms with Gasteiger partial charge < -0.3 is 0 Å². The van der Waals surface area contributed by atoms with E-state index in [4.69, 9.17) is 0 Å². The number of hydrogen-bond donors (Lipinski definition) is 0. The van der Waals surface area contributed by atoms with Crippen LogP contribution in [0.4, 0.5) is 0 Å². The maximum absolute atomic E-state index is 3.36. The average molecular weight is 435 g/mol. The molecule has 4 aromatic rings. The van der Waals surface area contributed by atoms with Crippen LogP contribution in [0.25, 0.3) is 11.1 Å². The molecule has 0 nitrogen and oxygen atoms in total. The first-order valence-corrected chi connectivity index (χ1v) is 12.0. The van der Waals surface area contributed by atoms with Crippen molar-refractivity contribution in [2.75, 3.05) is 0 Å².